The van der Waals surface area contributed by atoms with E-state index in [1.54, 1.807) is 0 Å². The van der Waals surface area contributed by atoms with Crippen LogP contribution >= 0.6 is 0 Å². The van der Waals surface area contributed by atoms with E-state index in [9.17, 15) is 0 Å². The third-order valence-electron chi connectivity index (χ3n) is 3.62. The molecule has 0 radical (unpaired) electrons. The number of imidazole rings is 1. The third kappa shape index (κ3) is 1.50. The highest BCUT2D eigenvalue weighted by atomic mass is 15.2. The summed E-state index contributed by atoms with van der Waals surface area (Å²) in [5.74, 6) is 0.978. The molecular weight excluding hydrogens is 236 g/mol. The van der Waals surface area contributed by atoms with Crippen LogP contribution in [0.1, 0.15) is 12.0 Å². The smallest absolute Gasteiger partial charge is 0.157 e. The van der Waals surface area contributed by atoms with Gasteiger partial charge >= 0.3 is 0 Å². The van der Waals surface area contributed by atoms with Crippen molar-refractivity contribution in [3.05, 3.63) is 54.6 Å². The molecule has 1 aromatic heterocycles. The Kier molecular flexibility index (Phi) is 2.06. The molecule has 0 atom stereocenters. The highest BCUT2D eigenvalue weighted by Crippen LogP contribution is 2.37. The van der Waals surface area contributed by atoms with E-state index in [1.807, 2.05) is 24.0 Å². The first kappa shape index (κ1) is 10.4. The van der Waals surface area contributed by atoms with E-state index in [1.165, 1.54) is 10.8 Å². The highest BCUT2D eigenvalue weighted by molar-refractivity contribution is 6.04. The van der Waals surface area contributed by atoms with Crippen LogP contribution in [0.25, 0.3) is 10.8 Å². The van der Waals surface area contributed by atoms with Gasteiger partial charge in [-0.15, -0.1) is 0 Å². The van der Waals surface area contributed by atoms with E-state index in [4.69, 9.17) is 0 Å². The predicted octanol–water partition coefficient (Wildman–Crippen LogP) is 3.11. The lowest BCUT2D eigenvalue weighted by Gasteiger charge is -2.29. The molecule has 2 heterocycles. The Labute approximate surface area is 111 Å². The first-order chi connectivity index (χ1) is 9.33. The highest BCUT2D eigenvalue weighted by Gasteiger charge is 2.22. The quantitative estimate of drug-likeness (QED) is 0.697. The average molecular weight is 250 g/mol. The summed E-state index contributed by atoms with van der Waals surface area (Å²) in [5.41, 5.74) is 2.31. The van der Waals surface area contributed by atoms with Crippen LogP contribution in [-0.2, 0) is 7.05 Å². The molecule has 0 aliphatic carbocycles. The van der Waals surface area contributed by atoms with Gasteiger partial charge in [0, 0.05) is 36.2 Å². The van der Waals surface area contributed by atoms with Gasteiger partial charge in [-0.1, -0.05) is 24.3 Å². The summed E-state index contributed by atoms with van der Waals surface area (Å²) in [6.07, 6.45) is 3.78. The van der Waals surface area contributed by atoms with E-state index in [2.05, 4.69) is 52.0 Å². The minimum Gasteiger partial charge on any atom is -0.359 e. The summed E-state index contributed by atoms with van der Waals surface area (Å²) >= 11 is 0. The predicted molar refractivity (Wildman–Crippen MR) is 77.1 cm³/mol. The second-order valence-electron chi connectivity index (χ2n) is 4.83. The van der Waals surface area contributed by atoms with Crippen LogP contribution in [0, 0.1) is 0 Å². The molecule has 2 N–H and O–H groups in total. The molecule has 4 rings (SSSR count). The Morgan fingerprint density at radius 3 is 2.32 bits per heavy atom. The lowest BCUT2D eigenvalue weighted by Crippen LogP contribution is -2.26. The Bertz CT molecular complexity index is 719. The largest absolute Gasteiger partial charge is 0.359 e. The van der Waals surface area contributed by atoms with Gasteiger partial charge in [-0.2, -0.15) is 0 Å². The van der Waals surface area contributed by atoms with Gasteiger partial charge in [0.25, 0.3) is 0 Å². The van der Waals surface area contributed by atoms with Crippen LogP contribution in [0.3, 0.4) is 0 Å². The first-order valence-electron chi connectivity index (χ1n) is 6.35. The summed E-state index contributed by atoms with van der Waals surface area (Å²) in [6.45, 7) is 0. The van der Waals surface area contributed by atoms with E-state index in [0.29, 0.717) is 0 Å². The van der Waals surface area contributed by atoms with Crippen molar-refractivity contribution in [2.45, 2.75) is 6.17 Å². The first-order valence-corrected chi connectivity index (χ1v) is 6.35. The fourth-order valence-corrected chi connectivity index (χ4v) is 2.71. The van der Waals surface area contributed by atoms with Crippen LogP contribution in [0.4, 0.5) is 11.4 Å². The van der Waals surface area contributed by atoms with Crippen LogP contribution in [0.15, 0.2) is 48.8 Å². The van der Waals surface area contributed by atoms with Crippen molar-refractivity contribution in [1.82, 2.24) is 9.55 Å². The number of hydrogen-bond acceptors (Lipinski definition) is 3. The van der Waals surface area contributed by atoms with E-state index in [0.717, 1.165) is 17.2 Å². The maximum Gasteiger partial charge on any atom is 0.157 e. The van der Waals surface area contributed by atoms with Crippen molar-refractivity contribution in [2.75, 3.05) is 10.6 Å². The van der Waals surface area contributed by atoms with Gasteiger partial charge in [-0.3, -0.25) is 0 Å². The molecule has 0 spiro atoms. The molecule has 0 unspecified atom stereocenters. The van der Waals surface area contributed by atoms with Crippen molar-refractivity contribution >= 4 is 22.1 Å². The molecule has 0 saturated heterocycles. The number of aryl methyl sites for hydroxylation is 1. The van der Waals surface area contributed by atoms with Crippen molar-refractivity contribution in [1.29, 1.82) is 0 Å². The monoisotopic (exact) mass is 250 g/mol. The zero-order chi connectivity index (χ0) is 12.8. The maximum absolute atomic E-state index is 4.41. The SMILES string of the molecule is Cn1ccnc1C1Nc2cccc3cccc(c23)N1. The number of nitrogens with zero attached hydrogens (tertiary/aromatic N) is 2. The molecule has 0 amide bonds. The Morgan fingerprint density at radius 2 is 1.74 bits per heavy atom. The lowest BCUT2D eigenvalue weighted by molar-refractivity contribution is 0.730. The van der Waals surface area contributed by atoms with Crippen LogP contribution in [-0.4, -0.2) is 9.55 Å². The van der Waals surface area contributed by atoms with Crippen LogP contribution in [0.5, 0.6) is 0 Å². The fourth-order valence-electron chi connectivity index (χ4n) is 2.71. The molecule has 4 nitrogen and oxygen atoms in total. The molecule has 1 aliphatic heterocycles. The van der Waals surface area contributed by atoms with Crippen molar-refractivity contribution in [2.24, 2.45) is 7.05 Å². The molecule has 0 fully saturated rings. The molecule has 1 aliphatic rings. The summed E-state index contributed by atoms with van der Waals surface area (Å²) in [7, 11) is 2.01. The minimum atomic E-state index is 0.000463. The number of rotatable bonds is 1. The second kappa shape index (κ2) is 3.75. The van der Waals surface area contributed by atoms with E-state index >= 15 is 0 Å². The number of nitrogens with one attached hydrogen (secondary N) is 2. The van der Waals surface area contributed by atoms with Crippen molar-refractivity contribution < 1.29 is 0 Å². The number of benzene rings is 2. The van der Waals surface area contributed by atoms with E-state index in [-0.39, 0.29) is 6.17 Å². The van der Waals surface area contributed by atoms with Gasteiger partial charge < -0.3 is 15.2 Å². The molecule has 4 heteroatoms. The third-order valence-corrected chi connectivity index (χ3v) is 3.62. The molecule has 3 aromatic rings. The van der Waals surface area contributed by atoms with Crippen molar-refractivity contribution in [3.63, 3.8) is 0 Å². The summed E-state index contributed by atoms with van der Waals surface area (Å²) < 4.78 is 2.03. The molecule has 0 bridgehead atoms. The molecule has 94 valence electrons. The Morgan fingerprint density at radius 1 is 1.05 bits per heavy atom. The Balaban J connectivity index is 1.87. The van der Waals surface area contributed by atoms with Gasteiger partial charge in [-0.25, -0.2) is 4.98 Å². The zero-order valence-electron chi connectivity index (χ0n) is 10.6. The van der Waals surface area contributed by atoms with Gasteiger partial charge in [-0.05, 0) is 17.5 Å². The van der Waals surface area contributed by atoms with Crippen LogP contribution < -0.4 is 10.6 Å². The zero-order valence-corrected chi connectivity index (χ0v) is 10.6. The van der Waals surface area contributed by atoms with Gasteiger partial charge in [0.1, 0.15) is 0 Å². The number of aromatic nitrogens is 2. The molecular formula is C15H14N4. The topological polar surface area (TPSA) is 41.9 Å². The second-order valence-corrected chi connectivity index (χ2v) is 4.83. The summed E-state index contributed by atoms with van der Waals surface area (Å²) in [4.78, 5) is 4.41. The van der Waals surface area contributed by atoms with Crippen molar-refractivity contribution in [3.8, 4) is 0 Å². The normalized spacial score (nSPS) is 14.2. The molecule has 19 heavy (non-hydrogen) atoms. The molecule has 0 saturated carbocycles. The lowest BCUT2D eigenvalue weighted by atomic mass is 10.0. The summed E-state index contributed by atoms with van der Waals surface area (Å²) in [6, 6.07) is 12.6. The van der Waals surface area contributed by atoms with Gasteiger partial charge in [0.2, 0.25) is 0 Å². The van der Waals surface area contributed by atoms with Crippen LogP contribution in [0.2, 0.25) is 0 Å². The van der Waals surface area contributed by atoms with E-state index < -0.39 is 0 Å². The minimum absolute atomic E-state index is 0.000463. The summed E-state index contributed by atoms with van der Waals surface area (Å²) in [5, 5.41) is 9.51. The number of anilines is 2. The standard InChI is InChI=1S/C15H14N4/c1-19-9-8-16-15(19)14-17-11-6-2-4-10-5-3-7-12(18-14)13(10)11/h2-9,14,17-18H,1H3. The fraction of sp³-hybridized carbons (Fsp3) is 0.133. The van der Waals surface area contributed by atoms with Gasteiger partial charge in [0.05, 0.1) is 0 Å². The number of hydrogen-bond donors (Lipinski definition) is 2. The Hall–Kier alpha value is -2.49. The van der Waals surface area contributed by atoms with Gasteiger partial charge in [0.15, 0.2) is 12.0 Å². The molecule has 2 aromatic carbocycles. The maximum atomic E-state index is 4.41. The average Bonchev–Trinajstić information content (AvgIpc) is 2.85.